The summed E-state index contributed by atoms with van der Waals surface area (Å²) in [6.07, 6.45) is 0.845. The quantitative estimate of drug-likeness (QED) is 0.672. The number of carbonyl (C=O) groups is 2. The van der Waals surface area contributed by atoms with Gasteiger partial charge in [-0.2, -0.15) is 5.26 Å². The van der Waals surface area contributed by atoms with E-state index < -0.39 is 23.9 Å². The first-order chi connectivity index (χ1) is 14.5. The number of hydrogen-bond donors (Lipinski definition) is 2. The molecule has 1 aromatic carbocycles. The fourth-order valence-corrected chi connectivity index (χ4v) is 2.92. The van der Waals surface area contributed by atoms with Gasteiger partial charge in [0, 0.05) is 18.2 Å². The molecule has 154 valence electrons. The summed E-state index contributed by atoms with van der Waals surface area (Å²) in [6, 6.07) is 11.7. The molecule has 1 unspecified atom stereocenters. The first kappa shape index (κ1) is 20.6. The Morgan fingerprint density at radius 2 is 2.17 bits per heavy atom. The van der Waals surface area contributed by atoms with E-state index in [1.807, 2.05) is 6.07 Å². The number of carboxylic acids is 1. The minimum atomic E-state index is -1.72. The van der Waals surface area contributed by atoms with Gasteiger partial charge >= 0.3 is 5.97 Å². The van der Waals surface area contributed by atoms with Crippen molar-refractivity contribution >= 4 is 23.4 Å². The maximum atomic E-state index is 12.9. The first-order valence-corrected chi connectivity index (χ1v) is 8.85. The SMILES string of the molecule is COc1cc(C2=NOC(CC(=O)O)(C(=O)Nc3ccccn3)C2)ccc1OCC#N. The molecule has 0 bridgehead atoms. The van der Waals surface area contributed by atoms with Crippen LogP contribution >= 0.6 is 0 Å². The number of benzene rings is 1. The minimum Gasteiger partial charge on any atom is -0.493 e. The van der Waals surface area contributed by atoms with Crippen LogP contribution in [-0.4, -0.2) is 47.0 Å². The number of nitrogens with one attached hydrogen (secondary N) is 1. The Bertz CT molecular complexity index is 1020. The molecule has 10 nitrogen and oxygen atoms in total. The number of nitriles is 1. The number of methoxy groups -OCH3 is 1. The number of rotatable bonds is 8. The summed E-state index contributed by atoms with van der Waals surface area (Å²) in [5.41, 5.74) is -0.784. The molecule has 3 rings (SSSR count). The number of nitrogens with zero attached hydrogens (tertiary/aromatic N) is 3. The highest BCUT2D eigenvalue weighted by Crippen LogP contribution is 2.34. The van der Waals surface area contributed by atoms with Crippen molar-refractivity contribution in [3.05, 3.63) is 48.2 Å². The summed E-state index contributed by atoms with van der Waals surface area (Å²) >= 11 is 0. The normalized spacial score (nSPS) is 17.3. The van der Waals surface area contributed by atoms with Crippen LogP contribution in [0.1, 0.15) is 18.4 Å². The van der Waals surface area contributed by atoms with Crippen LogP contribution in [0.25, 0.3) is 0 Å². The lowest BCUT2D eigenvalue weighted by Gasteiger charge is -2.23. The summed E-state index contributed by atoms with van der Waals surface area (Å²) in [4.78, 5) is 33.7. The lowest BCUT2D eigenvalue weighted by atomic mass is 9.90. The predicted molar refractivity (Wildman–Crippen MR) is 104 cm³/mol. The van der Waals surface area contributed by atoms with E-state index in [0.717, 1.165) is 0 Å². The van der Waals surface area contributed by atoms with E-state index in [2.05, 4.69) is 15.5 Å². The molecule has 1 aromatic heterocycles. The van der Waals surface area contributed by atoms with Crippen molar-refractivity contribution in [3.8, 4) is 17.6 Å². The van der Waals surface area contributed by atoms with Gasteiger partial charge in [0.1, 0.15) is 11.9 Å². The Kier molecular flexibility index (Phi) is 6.12. The van der Waals surface area contributed by atoms with Crippen molar-refractivity contribution in [2.45, 2.75) is 18.4 Å². The van der Waals surface area contributed by atoms with E-state index in [-0.39, 0.29) is 18.8 Å². The Morgan fingerprint density at radius 1 is 1.33 bits per heavy atom. The van der Waals surface area contributed by atoms with Crippen LogP contribution < -0.4 is 14.8 Å². The largest absolute Gasteiger partial charge is 0.493 e. The van der Waals surface area contributed by atoms with Crippen LogP contribution in [-0.2, 0) is 14.4 Å². The number of anilines is 1. The summed E-state index contributed by atoms with van der Waals surface area (Å²) < 4.78 is 10.6. The molecule has 0 aliphatic carbocycles. The van der Waals surface area contributed by atoms with Crippen LogP contribution in [0.3, 0.4) is 0 Å². The number of carboxylic acid groups (broad SMARTS) is 1. The Hall–Kier alpha value is -4.13. The summed E-state index contributed by atoms with van der Waals surface area (Å²) in [6.45, 7) is -0.144. The van der Waals surface area contributed by atoms with Gasteiger partial charge in [-0.05, 0) is 30.3 Å². The first-order valence-electron chi connectivity index (χ1n) is 8.85. The zero-order valence-electron chi connectivity index (χ0n) is 16.0. The van der Waals surface area contributed by atoms with Crippen molar-refractivity contribution in [1.29, 1.82) is 5.26 Å². The van der Waals surface area contributed by atoms with E-state index in [0.29, 0.717) is 22.8 Å². The van der Waals surface area contributed by atoms with Crippen molar-refractivity contribution in [2.75, 3.05) is 19.0 Å². The van der Waals surface area contributed by atoms with Crippen molar-refractivity contribution in [1.82, 2.24) is 4.98 Å². The van der Waals surface area contributed by atoms with Gasteiger partial charge in [-0.3, -0.25) is 9.59 Å². The molecule has 2 aromatic rings. The zero-order chi connectivity index (χ0) is 21.6. The van der Waals surface area contributed by atoms with Gasteiger partial charge in [-0.1, -0.05) is 11.2 Å². The maximum Gasteiger partial charge on any atom is 0.308 e. The highest BCUT2D eigenvalue weighted by molar-refractivity contribution is 6.09. The maximum absolute atomic E-state index is 12.9. The molecular weight excluding hydrogens is 392 g/mol. The van der Waals surface area contributed by atoms with Crippen molar-refractivity contribution < 1.29 is 29.0 Å². The number of oxime groups is 1. The topological polar surface area (TPSA) is 143 Å². The van der Waals surface area contributed by atoms with Crippen LogP contribution in [0.4, 0.5) is 5.82 Å². The Morgan fingerprint density at radius 3 is 2.83 bits per heavy atom. The zero-order valence-corrected chi connectivity index (χ0v) is 16.0. The van der Waals surface area contributed by atoms with Gasteiger partial charge in [0.15, 0.2) is 18.1 Å². The average Bonchev–Trinajstić information content (AvgIpc) is 3.17. The summed E-state index contributed by atoms with van der Waals surface area (Å²) in [5.74, 6) is -0.875. The number of aliphatic carboxylic acids is 1. The molecule has 1 aliphatic heterocycles. The van der Waals surface area contributed by atoms with Gasteiger partial charge < -0.3 is 24.7 Å². The average molecular weight is 410 g/mol. The number of carbonyl (C=O) groups excluding carboxylic acids is 1. The second-order valence-electron chi connectivity index (χ2n) is 6.35. The van der Waals surface area contributed by atoms with Crippen molar-refractivity contribution in [3.63, 3.8) is 0 Å². The van der Waals surface area contributed by atoms with Gasteiger partial charge in [0.05, 0.1) is 19.2 Å². The third-order valence-corrected chi connectivity index (χ3v) is 4.33. The van der Waals surface area contributed by atoms with Crippen LogP contribution in [0.2, 0.25) is 0 Å². The highest BCUT2D eigenvalue weighted by atomic mass is 16.7. The number of hydrogen-bond acceptors (Lipinski definition) is 8. The Balaban J connectivity index is 1.83. The highest BCUT2D eigenvalue weighted by Gasteiger charge is 2.49. The smallest absolute Gasteiger partial charge is 0.308 e. The third-order valence-electron chi connectivity index (χ3n) is 4.33. The fourth-order valence-electron chi connectivity index (χ4n) is 2.92. The van der Waals surface area contributed by atoms with Gasteiger partial charge in [0.2, 0.25) is 5.60 Å². The molecule has 0 saturated heterocycles. The van der Waals surface area contributed by atoms with E-state index in [9.17, 15) is 14.7 Å². The fraction of sp³-hybridized carbons (Fsp3) is 0.250. The van der Waals surface area contributed by atoms with Crippen LogP contribution in [0.15, 0.2) is 47.8 Å². The number of ether oxygens (including phenoxy) is 2. The lowest BCUT2D eigenvalue weighted by Crippen LogP contribution is -2.45. The van der Waals surface area contributed by atoms with Gasteiger partial charge in [0.25, 0.3) is 5.91 Å². The number of pyridine rings is 1. The lowest BCUT2D eigenvalue weighted by molar-refractivity contribution is -0.152. The molecule has 0 fully saturated rings. The molecule has 10 heteroatoms. The molecular formula is C20H18N4O6. The van der Waals surface area contributed by atoms with Crippen LogP contribution in [0.5, 0.6) is 11.5 Å². The van der Waals surface area contributed by atoms with Crippen LogP contribution in [0, 0.1) is 11.3 Å². The van der Waals surface area contributed by atoms with Gasteiger partial charge in [-0.15, -0.1) is 0 Å². The molecule has 0 radical (unpaired) electrons. The second kappa shape index (κ2) is 8.91. The summed E-state index contributed by atoms with van der Waals surface area (Å²) in [5, 5.41) is 24.5. The van der Waals surface area contributed by atoms with E-state index in [4.69, 9.17) is 19.6 Å². The monoisotopic (exact) mass is 410 g/mol. The molecule has 0 spiro atoms. The van der Waals surface area contributed by atoms with Crippen molar-refractivity contribution in [2.24, 2.45) is 5.16 Å². The number of aromatic nitrogens is 1. The standard InChI is InChI=1S/C20H18N4O6/c1-28-16-10-13(5-6-15(16)29-9-7-21)14-11-20(30-24-14,12-18(25)26)19(27)23-17-4-2-3-8-22-17/h2-6,8,10H,9,11-12H2,1H3,(H,25,26)(H,22,23,27). The third kappa shape index (κ3) is 4.47. The Labute approximate surface area is 171 Å². The minimum absolute atomic E-state index is 0.0699. The predicted octanol–water partition coefficient (Wildman–Crippen LogP) is 1.97. The molecule has 0 saturated carbocycles. The summed E-state index contributed by atoms with van der Waals surface area (Å²) in [7, 11) is 1.44. The molecule has 1 aliphatic rings. The second-order valence-corrected chi connectivity index (χ2v) is 6.35. The molecule has 30 heavy (non-hydrogen) atoms. The van der Waals surface area contributed by atoms with Gasteiger partial charge in [-0.25, -0.2) is 4.98 Å². The molecule has 2 N–H and O–H groups in total. The number of amides is 1. The van der Waals surface area contributed by atoms with E-state index >= 15 is 0 Å². The molecule has 1 amide bonds. The van der Waals surface area contributed by atoms with E-state index in [1.54, 1.807) is 36.4 Å². The molecule has 1 atom stereocenters. The van der Waals surface area contributed by atoms with E-state index in [1.165, 1.54) is 13.3 Å². The molecule has 2 heterocycles.